The van der Waals surface area contributed by atoms with Crippen molar-refractivity contribution in [3.63, 3.8) is 0 Å². The van der Waals surface area contributed by atoms with Gasteiger partial charge in [0.05, 0.1) is 22.9 Å². The average Bonchev–Trinajstić information content (AvgIpc) is 3.33. The minimum Gasteiger partial charge on any atom is -0.392 e. The molecule has 148 valence electrons. The molecule has 5 nitrogen and oxygen atoms in total. The first kappa shape index (κ1) is 18.7. The fourth-order valence-corrected chi connectivity index (χ4v) is 4.45. The van der Waals surface area contributed by atoms with Gasteiger partial charge in [-0.05, 0) is 47.5 Å². The van der Waals surface area contributed by atoms with E-state index in [-0.39, 0.29) is 12.5 Å². The highest BCUT2D eigenvalue weighted by Crippen LogP contribution is 2.37. The molecule has 2 aromatic carbocycles. The van der Waals surface area contributed by atoms with Crippen LogP contribution >= 0.6 is 11.3 Å². The minimum atomic E-state index is -0.202. The Morgan fingerprint density at radius 3 is 2.63 bits per heavy atom. The summed E-state index contributed by atoms with van der Waals surface area (Å²) in [5.74, 6) is 0.284. The topological polar surface area (TPSA) is 75.1 Å². The van der Waals surface area contributed by atoms with E-state index in [1.165, 1.54) is 5.56 Å². The van der Waals surface area contributed by atoms with Crippen LogP contribution in [0.15, 0.2) is 66.0 Å². The molecule has 1 amide bonds. The van der Waals surface area contributed by atoms with Crippen molar-refractivity contribution in [2.45, 2.75) is 19.4 Å². The molecule has 2 N–H and O–H groups in total. The summed E-state index contributed by atoms with van der Waals surface area (Å²) in [6, 6.07) is 19.0. The lowest BCUT2D eigenvalue weighted by molar-refractivity contribution is 0.102. The highest BCUT2D eigenvalue weighted by molar-refractivity contribution is 7.13. The summed E-state index contributed by atoms with van der Waals surface area (Å²) in [5, 5.41) is 14.4. The van der Waals surface area contributed by atoms with E-state index < -0.39 is 0 Å². The van der Waals surface area contributed by atoms with Crippen LogP contribution in [0.4, 0.5) is 5.82 Å². The summed E-state index contributed by atoms with van der Waals surface area (Å²) in [6.45, 7) is 0.0245. The van der Waals surface area contributed by atoms with Gasteiger partial charge in [-0.3, -0.25) is 4.79 Å². The molecule has 0 spiro atoms. The zero-order valence-corrected chi connectivity index (χ0v) is 16.9. The number of hydrogen-bond donors (Lipinski definition) is 2. The Labute approximate surface area is 178 Å². The summed E-state index contributed by atoms with van der Waals surface area (Å²) < 4.78 is 0. The molecule has 0 saturated heterocycles. The molecule has 0 saturated carbocycles. The van der Waals surface area contributed by atoms with Gasteiger partial charge in [-0.25, -0.2) is 9.97 Å². The first-order valence-corrected chi connectivity index (χ1v) is 10.6. The lowest BCUT2D eigenvalue weighted by Gasteiger charge is -2.21. The summed E-state index contributed by atoms with van der Waals surface area (Å²) in [5.41, 5.74) is 6.09. The number of thiophene rings is 1. The molecule has 0 radical (unpaired) electrons. The second kappa shape index (κ2) is 7.82. The SMILES string of the molecule is O=C(Nc1nc2c(nc1-c1cccs1)-c1ccc(CO)cc1CC2)c1ccccc1. The van der Waals surface area contributed by atoms with E-state index in [9.17, 15) is 9.90 Å². The van der Waals surface area contributed by atoms with E-state index in [2.05, 4.69) is 5.32 Å². The Kier molecular flexibility index (Phi) is 4.86. The number of amides is 1. The summed E-state index contributed by atoms with van der Waals surface area (Å²) >= 11 is 1.56. The van der Waals surface area contributed by atoms with E-state index in [0.29, 0.717) is 17.1 Å². The van der Waals surface area contributed by atoms with Crippen LogP contribution < -0.4 is 5.32 Å². The van der Waals surface area contributed by atoms with Crippen molar-refractivity contribution in [3.05, 3.63) is 88.4 Å². The number of carbonyl (C=O) groups excluding carboxylic acids is 1. The molecule has 2 heterocycles. The molecule has 0 aliphatic heterocycles. The third-order valence-corrected chi connectivity index (χ3v) is 6.11. The molecule has 0 fully saturated rings. The number of nitrogens with one attached hydrogen (secondary N) is 1. The van der Waals surface area contributed by atoms with Crippen molar-refractivity contribution in [2.24, 2.45) is 0 Å². The van der Waals surface area contributed by atoms with Crippen molar-refractivity contribution in [2.75, 3.05) is 5.32 Å². The van der Waals surface area contributed by atoms with E-state index in [1.54, 1.807) is 23.5 Å². The maximum atomic E-state index is 12.8. The minimum absolute atomic E-state index is 0.0245. The molecule has 1 aliphatic carbocycles. The number of aliphatic hydroxyl groups excluding tert-OH is 1. The number of fused-ring (bicyclic) bond motifs is 3. The van der Waals surface area contributed by atoms with Gasteiger partial charge in [0.2, 0.25) is 0 Å². The number of aliphatic hydroxyl groups is 1. The van der Waals surface area contributed by atoms with Gasteiger partial charge in [0, 0.05) is 11.1 Å². The van der Waals surface area contributed by atoms with Gasteiger partial charge in [0.15, 0.2) is 5.82 Å². The number of rotatable bonds is 4. The lowest BCUT2D eigenvalue weighted by atomic mass is 9.90. The summed E-state index contributed by atoms with van der Waals surface area (Å²) in [7, 11) is 0. The van der Waals surface area contributed by atoms with Gasteiger partial charge in [-0.15, -0.1) is 11.3 Å². The van der Waals surface area contributed by atoms with Crippen molar-refractivity contribution in [1.29, 1.82) is 0 Å². The second-order valence-electron chi connectivity index (χ2n) is 7.16. The number of hydrogen-bond acceptors (Lipinski definition) is 5. The average molecular weight is 414 g/mol. The van der Waals surface area contributed by atoms with Crippen molar-refractivity contribution in [1.82, 2.24) is 9.97 Å². The van der Waals surface area contributed by atoms with Crippen LogP contribution in [-0.4, -0.2) is 21.0 Å². The highest BCUT2D eigenvalue weighted by Gasteiger charge is 2.24. The van der Waals surface area contributed by atoms with Crippen LogP contribution in [0.5, 0.6) is 0 Å². The van der Waals surface area contributed by atoms with Gasteiger partial charge in [-0.2, -0.15) is 0 Å². The van der Waals surface area contributed by atoms with Crippen LogP contribution in [0.3, 0.4) is 0 Å². The van der Waals surface area contributed by atoms with Crippen LogP contribution in [-0.2, 0) is 19.4 Å². The summed E-state index contributed by atoms with van der Waals surface area (Å²) in [4.78, 5) is 23.5. The van der Waals surface area contributed by atoms with Gasteiger partial charge in [0.1, 0.15) is 5.69 Å². The number of nitrogens with zero attached hydrogens (tertiary/aromatic N) is 2. The zero-order valence-electron chi connectivity index (χ0n) is 16.1. The van der Waals surface area contributed by atoms with Crippen LogP contribution in [0, 0.1) is 0 Å². The van der Waals surface area contributed by atoms with Crippen molar-refractivity contribution in [3.8, 4) is 21.8 Å². The van der Waals surface area contributed by atoms with E-state index in [0.717, 1.165) is 40.2 Å². The molecule has 4 aromatic rings. The molecule has 0 unspecified atom stereocenters. The largest absolute Gasteiger partial charge is 0.392 e. The second-order valence-corrected chi connectivity index (χ2v) is 8.11. The maximum absolute atomic E-state index is 12.8. The predicted octanol–water partition coefficient (Wildman–Crippen LogP) is 4.72. The Morgan fingerprint density at radius 1 is 1.00 bits per heavy atom. The maximum Gasteiger partial charge on any atom is 0.256 e. The molecule has 30 heavy (non-hydrogen) atoms. The molecule has 5 rings (SSSR count). The summed E-state index contributed by atoms with van der Waals surface area (Å²) in [6.07, 6.45) is 1.57. The highest BCUT2D eigenvalue weighted by atomic mass is 32.1. The first-order valence-electron chi connectivity index (χ1n) is 9.77. The number of anilines is 1. The molecular formula is C24H19N3O2S. The van der Waals surface area contributed by atoms with E-state index >= 15 is 0 Å². The Balaban J connectivity index is 1.61. The lowest BCUT2D eigenvalue weighted by Crippen LogP contribution is -2.17. The molecule has 1 aliphatic rings. The standard InChI is InChI=1S/C24H19N3O2S/c28-14-15-8-10-18-17(13-15)9-11-19-21(18)26-22(20-7-4-12-30-20)23(25-19)27-24(29)16-5-2-1-3-6-16/h1-8,10,12-13,28H,9,11,14H2,(H,25,27,29). The third kappa shape index (κ3) is 3.40. The van der Waals surface area contributed by atoms with Gasteiger partial charge >= 0.3 is 0 Å². The first-order chi connectivity index (χ1) is 14.7. The third-order valence-electron chi connectivity index (χ3n) is 5.23. The number of carbonyl (C=O) groups is 1. The van der Waals surface area contributed by atoms with Crippen LogP contribution in [0.25, 0.3) is 21.8 Å². The van der Waals surface area contributed by atoms with Crippen molar-refractivity contribution >= 4 is 23.1 Å². The Hall–Kier alpha value is -3.35. The molecule has 6 heteroatoms. The molecule has 0 atom stereocenters. The molecular weight excluding hydrogens is 394 g/mol. The Bertz CT molecular complexity index is 1220. The van der Waals surface area contributed by atoms with E-state index in [4.69, 9.17) is 9.97 Å². The smallest absolute Gasteiger partial charge is 0.256 e. The number of benzene rings is 2. The molecule has 2 aromatic heterocycles. The fourth-order valence-electron chi connectivity index (χ4n) is 3.74. The van der Waals surface area contributed by atoms with E-state index in [1.807, 2.05) is 53.9 Å². The normalized spacial score (nSPS) is 12.2. The Morgan fingerprint density at radius 2 is 1.87 bits per heavy atom. The quantitative estimate of drug-likeness (QED) is 0.508. The number of aryl methyl sites for hydroxylation is 2. The van der Waals surface area contributed by atoms with Crippen LogP contribution in [0.1, 0.15) is 27.2 Å². The monoisotopic (exact) mass is 413 g/mol. The number of aromatic nitrogens is 2. The van der Waals surface area contributed by atoms with Gasteiger partial charge in [-0.1, -0.05) is 42.5 Å². The van der Waals surface area contributed by atoms with Gasteiger partial charge < -0.3 is 10.4 Å². The van der Waals surface area contributed by atoms with Gasteiger partial charge in [0.25, 0.3) is 5.91 Å². The van der Waals surface area contributed by atoms with Crippen molar-refractivity contribution < 1.29 is 9.90 Å². The predicted molar refractivity (Wildman–Crippen MR) is 119 cm³/mol. The fraction of sp³-hybridized carbons (Fsp3) is 0.125. The van der Waals surface area contributed by atoms with Crippen LogP contribution in [0.2, 0.25) is 0 Å². The molecule has 0 bridgehead atoms. The zero-order chi connectivity index (χ0) is 20.5.